The van der Waals surface area contributed by atoms with E-state index in [1.54, 1.807) is 6.92 Å². The number of thiazole rings is 1. The van der Waals surface area contributed by atoms with Gasteiger partial charge >= 0.3 is 5.97 Å². The monoisotopic (exact) mass is 241 g/mol. The van der Waals surface area contributed by atoms with E-state index in [4.69, 9.17) is 5.11 Å². The molecule has 0 unspecified atom stereocenters. The number of carboxylic acid groups (broad SMARTS) is 1. The van der Waals surface area contributed by atoms with E-state index in [0.717, 1.165) is 31.3 Å². The molecule has 2 rings (SSSR count). The van der Waals surface area contributed by atoms with Crippen LogP contribution in [0.4, 0.5) is 5.13 Å². The Hall–Kier alpha value is -1.14. The van der Waals surface area contributed by atoms with Crippen LogP contribution in [0.3, 0.4) is 0 Å². The van der Waals surface area contributed by atoms with Gasteiger partial charge in [0.2, 0.25) is 0 Å². The number of carboxylic acids is 1. The van der Waals surface area contributed by atoms with Crippen molar-refractivity contribution >= 4 is 22.4 Å². The Bertz CT molecular complexity index is 397. The second-order valence-electron chi connectivity index (χ2n) is 4.01. The summed E-state index contributed by atoms with van der Waals surface area (Å²) < 4.78 is 0. The molecule has 88 valence electrons. The molecule has 0 aliphatic carbocycles. The molecule has 1 fully saturated rings. The number of hydrogen-bond donors (Lipinski definition) is 1. The summed E-state index contributed by atoms with van der Waals surface area (Å²) in [5, 5.41) is 9.80. The van der Waals surface area contributed by atoms with Gasteiger partial charge in [-0.2, -0.15) is 0 Å². The summed E-state index contributed by atoms with van der Waals surface area (Å²) in [5.74, 6) is -0.879. The van der Waals surface area contributed by atoms with Gasteiger partial charge in [-0.25, -0.2) is 9.78 Å². The highest BCUT2D eigenvalue weighted by Gasteiger charge is 2.20. The zero-order chi connectivity index (χ0) is 11.7. The van der Waals surface area contributed by atoms with Gasteiger partial charge in [0.05, 0.1) is 5.69 Å². The maximum atomic E-state index is 10.9. The molecule has 1 aliphatic heterocycles. The van der Waals surface area contributed by atoms with Gasteiger partial charge in [-0.05, 0) is 14.0 Å². The van der Waals surface area contributed by atoms with Crippen molar-refractivity contribution < 1.29 is 9.90 Å². The standard InChI is InChI=1S/C10H15N3O2S/c1-7-8(9(14)15)16-10(11-7)13-5-3-12(2)4-6-13/h3-6H2,1-2H3,(H,14,15). The number of nitrogens with zero attached hydrogens (tertiary/aromatic N) is 3. The molecule has 5 nitrogen and oxygen atoms in total. The minimum Gasteiger partial charge on any atom is -0.477 e. The molecule has 1 aliphatic rings. The van der Waals surface area contributed by atoms with Crippen molar-refractivity contribution in [3.8, 4) is 0 Å². The predicted molar refractivity (Wildman–Crippen MR) is 63.5 cm³/mol. The third-order valence-electron chi connectivity index (χ3n) is 2.75. The fourth-order valence-corrected chi connectivity index (χ4v) is 2.67. The summed E-state index contributed by atoms with van der Waals surface area (Å²) in [7, 11) is 2.09. The molecular formula is C10H15N3O2S. The molecule has 0 spiro atoms. The van der Waals surface area contributed by atoms with E-state index < -0.39 is 5.97 Å². The molecule has 1 saturated heterocycles. The molecule has 6 heteroatoms. The van der Waals surface area contributed by atoms with Gasteiger partial charge in [-0.1, -0.05) is 11.3 Å². The van der Waals surface area contributed by atoms with Crippen LogP contribution in [-0.4, -0.2) is 54.2 Å². The maximum Gasteiger partial charge on any atom is 0.347 e. The summed E-state index contributed by atoms with van der Waals surface area (Å²) in [6.45, 7) is 5.59. The Balaban J connectivity index is 2.15. The molecule has 0 aromatic carbocycles. The molecule has 0 radical (unpaired) electrons. The van der Waals surface area contributed by atoms with Crippen molar-refractivity contribution in [1.82, 2.24) is 9.88 Å². The zero-order valence-corrected chi connectivity index (χ0v) is 10.3. The highest BCUT2D eigenvalue weighted by atomic mass is 32.1. The molecule has 1 aromatic heterocycles. The van der Waals surface area contributed by atoms with Crippen LogP contribution < -0.4 is 4.90 Å². The topological polar surface area (TPSA) is 56.7 Å². The minimum atomic E-state index is -0.879. The highest BCUT2D eigenvalue weighted by Crippen LogP contribution is 2.26. The van der Waals surface area contributed by atoms with Crippen LogP contribution in [-0.2, 0) is 0 Å². The quantitative estimate of drug-likeness (QED) is 0.833. The zero-order valence-electron chi connectivity index (χ0n) is 9.43. The van der Waals surface area contributed by atoms with Crippen molar-refractivity contribution in [2.24, 2.45) is 0 Å². The summed E-state index contributed by atoms with van der Waals surface area (Å²) in [4.78, 5) is 20.0. The van der Waals surface area contributed by atoms with Crippen molar-refractivity contribution in [2.45, 2.75) is 6.92 Å². The van der Waals surface area contributed by atoms with Crippen molar-refractivity contribution in [2.75, 3.05) is 38.1 Å². The molecule has 1 aromatic rings. The third kappa shape index (κ3) is 2.17. The number of carbonyl (C=O) groups is 1. The maximum absolute atomic E-state index is 10.9. The van der Waals surface area contributed by atoms with Crippen LogP contribution in [0.5, 0.6) is 0 Å². The first-order valence-corrected chi connectivity index (χ1v) is 6.04. The Labute approximate surface area is 98.3 Å². The van der Waals surface area contributed by atoms with Crippen molar-refractivity contribution in [3.05, 3.63) is 10.6 Å². The lowest BCUT2D eigenvalue weighted by Crippen LogP contribution is -2.44. The number of aryl methyl sites for hydroxylation is 1. The van der Waals surface area contributed by atoms with E-state index in [1.807, 2.05) is 0 Å². The lowest BCUT2D eigenvalue weighted by molar-refractivity contribution is 0.0701. The van der Waals surface area contributed by atoms with Crippen LogP contribution in [0.1, 0.15) is 15.4 Å². The van der Waals surface area contributed by atoms with Gasteiger partial charge in [0.25, 0.3) is 0 Å². The molecule has 1 N–H and O–H groups in total. The van der Waals surface area contributed by atoms with Gasteiger partial charge in [0.1, 0.15) is 4.88 Å². The Morgan fingerprint density at radius 3 is 2.50 bits per heavy atom. The number of aromatic nitrogens is 1. The predicted octanol–water partition coefficient (Wildman–Crippen LogP) is 0.902. The first-order valence-electron chi connectivity index (χ1n) is 5.22. The van der Waals surface area contributed by atoms with E-state index in [2.05, 4.69) is 21.8 Å². The lowest BCUT2D eigenvalue weighted by atomic mass is 10.3. The van der Waals surface area contributed by atoms with Crippen LogP contribution in [0.2, 0.25) is 0 Å². The molecule has 0 atom stereocenters. The van der Waals surface area contributed by atoms with Gasteiger partial charge in [-0.3, -0.25) is 0 Å². The summed E-state index contributed by atoms with van der Waals surface area (Å²) in [5.41, 5.74) is 0.617. The SMILES string of the molecule is Cc1nc(N2CCN(C)CC2)sc1C(=O)O. The number of aromatic carboxylic acids is 1. The summed E-state index contributed by atoms with van der Waals surface area (Å²) in [6, 6.07) is 0. The lowest BCUT2D eigenvalue weighted by Gasteiger charge is -2.32. The fraction of sp³-hybridized carbons (Fsp3) is 0.600. The number of piperazine rings is 1. The second kappa shape index (κ2) is 4.39. The molecule has 2 heterocycles. The van der Waals surface area contributed by atoms with E-state index in [9.17, 15) is 4.79 Å². The Kier molecular flexibility index (Phi) is 3.11. The van der Waals surface area contributed by atoms with Crippen LogP contribution in [0.25, 0.3) is 0 Å². The minimum absolute atomic E-state index is 0.355. The summed E-state index contributed by atoms with van der Waals surface area (Å²) >= 11 is 1.27. The van der Waals surface area contributed by atoms with Crippen LogP contribution in [0.15, 0.2) is 0 Å². The number of rotatable bonds is 2. The molecule has 0 amide bonds. The average molecular weight is 241 g/mol. The van der Waals surface area contributed by atoms with Crippen LogP contribution in [0, 0.1) is 6.92 Å². The number of likely N-dealkylation sites (N-methyl/N-ethyl adjacent to an activating group) is 1. The largest absolute Gasteiger partial charge is 0.477 e. The van der Waals surface area contributed by atoms with Crippen LogP contribution >= 0.6 is 11.3 Å². The van der Waals surface area contributed by atoms with E-state index in [0.29, 0.717) is 10.6 Å². The van der Waals surface area contributed by atoms with Crippen molar-refractivity contribution in [3.63, 3.8) is 0 Å². The average Bonchev–Trinajstić information content (AvgIpc) is 2.61. The molecule has 0 saturated carbocycles. The first kappa shape index (κ1) is 11.3. The van der Waals surface area contributed by atoms with Gasteiger partial charge in [0, 0.05) is 26.2 Å². The van der Waals surface area contributed by atoms with Crippen molar-refractivity contribution in [1.29, 1.82) is 0 Å². The van der Waals surface area contributed by atoms with Gasteiger partial charge in [-0.15, -0.1) is 0 Å². The fourth-order valence-electron chi connectivity index (χ4n) is 1.71. The Morgan fingerprint density at radius 1 is 1.38 bits per heavy atom. The first-order chi connectivity index (χ1) is 7.58. The second-order valence-corrected chi connectivity index (χ2v) is 4.98. The molecular weight excluding hydrogens is 226 g/mol. The molecule has 0 bridgehead atoms. The van der Waals surface area contributed by atoms with E-state index in [-0.39, 0.29) is 0 Å². The summed E-state index contributed by atoms with van der Waals surface area (Å²) in [6.07, 6.45) is 0. The van der Waals surface area contributed by atoms with E-state index >= 15 is 0 Å². The molecule has 16 heavy (non-hydrogen) atoms. The van der Waals surface area contributed by atoms with Gasteiger partial charge < -0.3 is 14.9 Å². The smallest absolute Gasteiger partial charge is 0.347 e. The highest BCUT2D eigenvalue weighted by molar-refractivity contribution is 7.17. The number of hydrogen-bond acceptors (Lipinski definition) is 5. The number of anilines is 1. The van der Waals surface area contributed by atoms with Gasteiger partial charge in [0.15, 0.2) is 5.13 Å². The normalized spacial score (nSPS) is 17.8. The van der Waals surface area contributed by atoms with E-state index in [1.165, 1.54) is 11.3 Å². The Morgan fingerprint density at radius 2 is 2.00 bits per heavy atom. The third-order valence-corrected chi connectivity index (χ3v) is 3.96.